The summed E-state index contributed by atoms with van der Waals surface area (Å²) in [5.74, 6) is 0. The first-order chi connectivity index (χ1) is 4.84. The predicted octanol–water partition coefficient (Wildman–Crippen LogP) is 1.01. The smallest absolute Gasteiger partial charge is 0.0851 e. The maximum atomic E-state index is 9.25. The summed E-state index contributed by atoms with van der Waals surface area (Å²) in [5.41, 5.74) is 0. The second-order valence-corrected chi connectivity index (χ2v) is 3.42. The molecule has 0 spiro atoms. The van der Waals surface area contributed by atoms with Gasteiger partial charge in [-0.1, -0.05) is 0 Å². The molecule has 0 aromatic carbocycles. The lowest BCUT2D eigenvalue weighted by Crippen LogP contribution is -2.18. The number of hydrogen-bond donors (Lipinski definition) is 1. The number of aliphatic hydroxyl groups is 1. The van der Waals surface area contributed by atoms with Crippen LogP contribution in [0.4, 0.5) is 0 Å². The minimum Gasteiger partial charge on any atom is -0.388 e. The summed E-state index contributed by atoms with van der Waals surface area (Å²) in [7, 11) is 1.68. The SMILES string of the molecule is COCCC1SC=CC1O. The summed E-state index contributed by atoms with van der Waals surface area (Å²) in [6.07, 6.45) is 2.49. The van der Waals surface area contributed by atoms with Gasteiger partial charge < -0.3 is 9.84 Å². The average molecular weight is 160 g/mol. The number of methoxy groups -OCH3 is 1. The van der Waals surface area contributed by atoms with Crippen LogP contribution < -0.4 is 0 Å². The molecule has 0 aromatic rings. The Labute approximate surface area is 65.3 Å². The highest BCUT2D eigenvalue weighted by Gasteiger charge is 2.20. The zero-order valence-corrected chi connectivity index (χ0v) is 6.80. The van der Waals surface area contributed by atoms with Crippen molar-refractivity contribution in [3.63, 3.8) is 0 Å². The fourth-order valence-electron chi connectivity index (χ4n) is 0.904. The van der Waals surface area contributed by atoms with Gasteiger partial charge in [-0.15, -0.1) is 11.8 Å². The van der Waals surface area contributed by atoms with E-state index in [0.29, 0.717) is 5.25 Å². The Morgan fingerprint density at radius 1 is 1.70 bits per heavy atom. The Balaban J connectivity index is 2.17. The van der Waals surface area contributed by atoms with Crippen LogP contribution in [0.15, 0.2) is 11.5 Å². The van der Waals surface area contributed by atoms with Crippen molar-refractivity contribution in [2.75, 3.05) is 13.7 Å². The highest BCUT2D eigenvalue weighted by atomic mass is 32.2. The third-order valence-corrected chi connectivity index (χ3v) is 2.69. The Kier molecular flexibility index (Phi) is 3.25. The van der Waals surface area contributed by atoms with E-state index < -0.39 is 0 Å². The quantitative estimate of drug-likeness (QED) is 0.668. The van der Waals surface area contributed by atoms with E-state index in [9.17, 15) is 5.11 Å². The highest BCUT2D eigenvalue weighted by Crippen LogP contribution is 2.26. The lowest BCUT2D eigenvalue weighted by atomic mass is 10.2. The van der Waals surface area contributed by atoms with Gasteiger partial charge in [-0.25, -0.2) is 0 Å². The average Bonchev–Trinajstić information content (AvgIpc) is 2.31. The van der Waals surface area contributed by atoms with E-state index in [1.807, 2.05) is 11.5 Å². The Morgan fingerprint density at radius 3 is 3.00 bits per heavy atom. The highest BCUT2D eigenvalue weighted by molar-refractivity contribution is 8.03. The van der Waals surface area contributed by atoms with Crippen LogP contribution in [-0.2, 0) is 4.74 Å². The van der Waals surface area contributed by atoms with E-state index in [-0.39, 0.29) is 6.10 Å². The van der Waals surface area contributed by atoms with Gasteiger partial charge in [0.15, 0.2) is 0 Å². The molecule has 1 aliphatic rings. The molecule has 0 fully saturated rings. The van der Waals surface area contributed by atoms with Crippen molar-refractivity contribution in [3.8, 4) is 0 Å². The molecule has 0 saturated carbocycles. The van der Waals surface area contributed by atoms with Crippen LogP contribution in [0.3, 0.4) is 0 Å². The molecule has 1 heterocycles. The Bertz CT molecular complexity index is 125. The van der Waals surface area contributed by atoms with Gasteiger partial charge in [-0.3, -0.25) is 0 Å². The molecular weight excluding hydrogens is 148 g/mol. The molecule has 2 nitrogen and oxygen atoms in total. The maximum Gasteiger partial charge on any atom is 0.0851 e. The van der Waals surface area contributed by atoms with Crippen LogP contribution in [0.25, 0.3) is 0 Å². The van der Waals surface area contributed by atoms with Crippen molar-refractivity contribution in [2.45, 2.75) is 17.8 Å². The van der Waals surface area contributed by atoms with Crippen LogP contribution >= 0.6 is 11.8 Å². The molecule has 0 radical (unpaired) electrons. The standard InChI is InChI=1S/C7H12O2S/c1-9-4-2-7-6(8)3-5-10-7/h3,5-8H,2,4H2,1H3. The van der Waals surface area contributed by atoms with E-state index in [1.165, 1.54) is 0 Å². The number of hydrogen-bond acceptors (Lipinski definition) is 3. The first-order valence-corrected chi connectivity index (χ1v) is 4.28. The number of aliphatic hydroxyl groups excluding tert-OH is 1. The van der Waals surface area contributed by atoms with E-state index >= 15 is 0 Å². The molecule has 2 atom stereocenters. The topological polar surface area (TPSA) is 29.5 Å². The zero-order valence-electron chi connectivity index (χ0n) is 5.99. The van der Waals surface area contributed by atoms with E-state index in [1.54, 1.807) is 18.9 Å². The molecular formula is C7H12O2S. The van der Waals surface area contributed by atoms with Gasteiger partial charge >= 0.3 is 0 Å². The number of rotatable bonds is 3. The third kappa shape index (κ3) is 2.01. The molecule has 10 heavy (non-hydrogen) atoms. The van der Waals surface area contributed by atoms with Crippen molar-refractivity contribution in [2.24, 2.45) is 0 Å². The van der Waals surface area contributed by atoms with Gasteiger partial charge in [0.1, 0.15) is 0 Å². The number of ether oxygens (including phenoxy) is 1. The zero-order chi connectivity index (χ0) is 7.40. The second-order valence-electron chi connectivity index (χ2n) is 2.28. The van der Waals surface area contributed by atoms with E-state index in [4.69, 9.17) is 4.74 Å². The van der Waals surface area contributed by atoms with Gasteiger partial charge in [0, 0.05) is 19.0 Å². The van der Waals surface area contributed by atoms with Crippen LogP contribution in [0.5, 0.6) is 0 Å². The summed E-state index contributed by atoms with van der Waals surface area (Å²) in [6, 6.07) is 0. The minimum atomic E-state index is -0.264. The van der Waals surface area contributed by atoms with E-state index in [0.717, 1.165) is 13.0 Å². The van der Waals surface area contributed by atoms with Crippen molar-refractivity contribution in [3.05, 3.63) is 11.5 Å². The second kappa shape index (κ2) is 4.01. The molecule has 2 unspecified atom stereocenters. The van der Waals surface area contributed by atoms with Gasteiger partial charge in [-0.05, 0) is 17.9 Å². The van der Waals surface area contributed by atoms with Crippen molar-refractivity contribution >= 4 is 11.8 Å². The molecule has 1 aliphatic heterocycles. The minimum absolute atomic E-state index is 0.264. The predicted molar refractivity (Wildman–Crippen MR) is 43.0 cm³/mol. The lowest BCUT2D eigenvalue weighted by Gasteiger charge is -2.11. The fraction of sp³-hybridized carbons (Fsp3) is 0.714. The molecule has 0 bridgehead atoms. The van der Waals surface area contributed by atoms with Crippen molar-refractivity contribution in [1.82, 2.24) is 0 Å². The molecule has 1 rings (SSSR count). The maximum absolute atomic E-state index is 9.25. The molecule has 0 saturated heterocycles. The molecule has 0 amide bonds. The monoisotopic (exact) mass is 160 g/mol. The normalized spacial score (nSPS) is 31.4. The van der Waals surface area contributed by atoms with Crippen molar-refractivity contribution < 1.29 is 9.84 Å². The summed E-state index contributed by atoms with van der Waals surface area (Å²) < 4.78 is 4.90. The first kappa shape index (κ1) is 8.11. The van der Waals surface area contributed by atoms with Crippen LogP contribution in [0, 0.1) is 0 Å². The number of thioether (sulfide) groups is 1. The molecule has 0 aliphatic carbocycles. The molecule has 58 valence electrons. The molecule has 0 aromatic heterocycles. The van der Waals surface area contributed by atoms with Gasteiger partial charge in [-0.2, -0.15) is 0 Å². The Hall–Kier alpha value is 0.01000. The summed E-state index contributed by atoms with van der Waals surface area (Å²) >= 11 is 1.68. The summed E-state index contributed by atoms with van der Waals surface area (Å²) in [4.78, 5) is 0. The largest absolute Gasteiger partial charge is 0.388 e. The first-order valence-electron chi connectivity index (χ1n) is 3.33. The molecule has 3 heteroatoms. The van der Waals surface area contributed by atoms with E-state index in [2.05, 4.69) is 0 Å². The van der Waals surface area contributed by atoms with Gasteiger partial charge in [0.25, 0.3) is 0 Å². The summed E-state index contributed by atoms with van der Waals surface area (Å²) in [5, 5.41) is 11.5. The fourth-order valence-corrected chi connectivity index (χ4v) is 1.84. The van der Waals surface area contributed by atoms with Crippen molar-refractivity contribution in [1.29, 1.82) is 0 Å². The van der Waals surface area contributed by atoms with Gasteiger partial charge in [0.05, 0.1) is 6.10 Å². The van der Waals surface area contributed by atoms with Crippen LogP contribution in [0.2, 0.25) is 0 Å². The molecule has 1 N–H and O–H groups in total. The van der Waals surface area contributed by atoms with Gasteiger partial charge in [0.2, 0.25) is 0 Å². The van der Waals surface area contributed by atoms with Crippen LogP contribution in [-0.4, -0.2) is 30.2 Å². The third-order valence-electron chi connectivity index (χ3n) is 1.52. The van der Waals surface area contributed by atoms with Crippen LogP contribution in [0.1, 0.15) is 6.42 Å². The Morgan fingerprint density at radius 2 is 2.50 bits per heavy atom. The lowest BCUT2D eigenvalue weighted by molar-refractivity contribution is 0.167. The summed E-state index contributed by atoms with van der Waals surface area (Å²) in [6.45, 7) is 0.733.